The minimum atomic E-state index is -1.69. The van der Waals surface area contributed by atoms with Crippen LogP contribution in [0, 0.1) is 23.8 Å². The molecule has 0 spiro atoms. The highest BCUT2D eigenvalue weighted by Crippen LogP contribution is 2.36. The van der Waals surface area contributed by atoms with Gasteiger partial charge in [0.25, 0.3) is 0 Å². The molecule has 2 rings (SSSR count). The van der Waals surface area contributed by atoms with E-state index < -0.39 is 8.07 Å². The van der Waals surface area contributed by atoms with E-state index in [0.717, 1.165) is 16.7 Å². The van der Waals surface area contributed by atoms with E-state index in [9.17, 15) is 0 Å². The van der Waals surface area contributed by atoms with Gasteiger partial charge >= 0.3 is 0 Å². The van der Waals surface area contributed by atoms with E-state index in [1.807, 2.05) is 6.07 Å². The molecular weight excluding hydrogens is 388 g/mol. The lowest BCUT2D eigenvalue weighted by molar-refractivity contribution is 0.569. The van der Waals surface area contributed by atoms with Gasteiger partial charge < -0.3 is 0 Å². The van der Waals surface area contributed by atoms with Crippen molar-refractivity contribution in [3.05, 3.63) is 58.7 Å². The molecule has 0 heterocycles. The highest BCUT2D eigenvalue weighted by molar-refractivity contribution is 6.87. The average Bonchev–Trinajstić information content (AvgIpc) is 2.63. The molecule has 0 bridgehead atoms. The fraction of sp³-hybridized carbons (Fsp3) is 0.467. The van der Waals surface area contributed by atoms with E-state index in [1.54, 1.807) is 0 Å². The molecule has 0 saturated heterocycles. The number of hydrogen-bond donors (Lipinski definition) is 0. The molecular formula is C30H40Si. The van der Waals surface area contributed by atoms with Crippen molar-refractivity contribution >= 4 is 8.07 Å². The van der Waals surface area contributed by atoms with E-state index in [2.05, 4.69) is 123 Å². The molecule has 2 aromatic carbocycles. The predicted octanol–water partition coefficient (Wildman–Crippen LogP) is 8.33. The summed E-state index contributed by atoms with van der Waals surface area (Å²) in [5.74, 6) is 6.32. The Bertz CT molecular complexity index is 1030. The predicted molar refractivity (Wildman–Crippen MR) is 141 cm³/mol. The second-order valence-corrected chi connectivity index (χ2v) is 17.4. The quantitative estimate of drug-likeness (QED) is 0.316. The summed E-state index contributed by atoms with van der Waals surface area (Å²) in [6.45, 7) is 25.2. The van der Waals surface area contributed by atoms with Crippen LogP contribution in [0.1, 0.15) is 84.6 Å². The van der Waals surface area contributed by atoms with Gasteiger partial charge in [-0.1, -0.05) is 105 Å². The van der Waals surface area contributed by atoms with E-state index in [4.69, 9.17) is 6.42 Å². The van der Waals surface area contributed by atoms with Crippen LogP contribution in [0.15, 0.2) is 36.4 Å². The Morgan fingerprint density at radius 2 is 1.10 bits per heavy atom. The summed E-state index contributed by atoms with van der Waals surface area (Å²) in [6.07, 6.45) is 5.83. The van der Waals surface area contributed by atoms with Crippen LogP contribution in [0.25, 0.3) is 11.1 Å². The smallest absolute Gasteiger partial charge is 0.126 e. The van der Waals surface area contributed by atoms with E-state index >= 15 is 0 Å². The van der Waals surface area contributed by atoms with Crippen LogP contribution in [-0.2, 0) is 10.8 Å². The summed E-state index contributed by atoms with van der Waals surface area (Å²) in [7, 11) is -1.69. The van der Waals surface area contributed by atoms with Crippen LogP contribution in [0.2, 0.25) is 18.1 Å². The Morgan fingerprint density at radius 3 is 1.52 bits per heavy atom. The second kappa shape index (κ2) is 8.37. The lowest BCUT2D eigenvalue weighted by atomic mass is 9.79. The fourth-order valence-electron chi connectivity index (χ4n) is 3.03. The van der Waals surface area contributed by atoms with Gasteiger partial charge in [-0.25, -0.2) is 0 Å². The maximum Gasteiger partial charge on any atom is 0.138 e. The molecule has 0 aliphatic carbocycles. The van der Waals surface area contributed by atoms with Gasteiger partial charge in [0.15, 0.2) is 0 Å². The van der Waals surface area contributed by atoms with Gasteiger partial charge in [0, 0.05) is 11.1 Å². The van der Waals surface area contributed by atoms with Crippen molar-refractivity contribution in [3.8, 4) is 34.9 Å². The Balaban J connectivity index is 2.71. The Labute approximate surface area is 192 Å². The highest BCUT2D eigenvalue weighted by atomic mass is 28.3. The van der Waals surface area contributed by atoms with Crippen molar-refractivity contribution in [3.63, 3.8) is 0 Å². The largest absolute Gasteiger partial charge is 0.138 e. The topological polar surface area (TPSA) is 0 Å². The Hall–Kier alpha value is -2.22. The summed E-state index contributed by atoms with van der Waals surface area (Å²) in [6, 6.07) is 13.3. The first-order valence-corrected chi connectivity index (χ1v) is 14.3. The zero-order valence-corrected chi connectivity index (χ0v) is 22.5. The number of hydrogen-bond acceptors (Lipinski definition) is 0. The van der Waals surface area contributed by atoms with Crippen LogP contribution < -0.4 is 0 Å². The molecule has 0 aliphatic rings. The van der Waals surface area contributed by atoms with Gasteiger partial charge in [0.05, 0.1) is 0 Å². The van der Waals surface area contributed by atoms with Crippen molar-refractivity contribution in [2.45, 2.75) is 91.3 Å². The Morgan fingerprint density at radius 1 is 0.645 bits per heavy atom. The van der Waals surface area contributed by atoms with Crippen LogP contribution in [0.5, 0.6) is 0 Å². The van der Waals surface area contributed by atoms with Crippen molar-refractivity contribution < 1.29 is 0 Å². The van der Waals surface area contributed by atoms with Crippen molar-refractivity contribution in [2.75, 3.05) is 0 Å². The van der Waals surface area contributed by atoms with E-state index in [-0.39, 0.29) is 15.9 Å². The molecule has 164 valence electrons. The SMILES string of the molecule is C#Cc1cc(C#C[Si](C)(C)C(C)(C)C)cc(-c2cc(C(C)(C)C)cc(C(C)(C)C)c2)c1. The summed E-state index contributed by atoms with van der Waals surface area (Å²) in [5.41, 5.74) is 10.7. The molecule has 31 heavy (non-hydrogen) atoms. The lowest BCUT2D eigenvalue weighted by Gasteiger charge is -2.31. The maximum absolute atomic E-state index is 5.83. The normalized spacial score (nSPS) is 12.7. The minimum Gasteiger partial charge on any atom is -0.126 e. The monoisotopic (exact) mass is 428 g/mol. The van der Waals surface area contributed by atoms with Gasteiger partial charge in [-0.3, -0.25) is 0 Å². The van der Waals surface area contributed by atoms with Gasteiger partial charge in [-0.15, -0.1) is 12.0 Å². The molecule has 0 saturated carbocycles. The molecule has 0 unspecified atom stereocenters. The Kier molecular flexibility index (Phi) is 6.76. The van der Waals surface area contributed by atoms with Gasteiger partial charge in [-0.05, 0) is 56.3 Å². The maximum atomic E-state index is 5.83. The molecule has 0 fully saturated rings. The molecule has 2 aromatic rings. The van der Waals surface area contributed by atoms with Gasteiger partial charge in [-0.2, -0.15) is 0 Å². The minimum absolute atomic E-state index is 0.0741. The van der Waals surface area contributed by atoms with Crippen LogP contribution >= 0.6 is 0 Å². The first kappa shape index (κ1) is 25.0. The molecule has 0 amide bonds. The summed E-state index contributed by atoms with van der Waals surface area (Å²) < 4.78 is 0. The average molecular weight is 429 g/mol. The van der Waals surface area contributed by atoms with Gasteiger partial charge in [0.2, 0.25) is 0 Å². The summed E-state index contributed by atoms with van der Waals surface area (Å²) >= 11 is 0. The van der Waals surface area contributed by atoms with E-state index in [1.165, 1.54) is 16.7 Å². The van der Waals surface area contributed by atoms with Crippen molar-refractivity contribution in [1.82, 2.24) is 0 Å². The fourth-order valence-corrected chi connectivity index (χ4v) is 3.86. The molecule has 0 N–H and O–H groups in total. The third-order valence-electron chi connectivity index (χ3n) is 6.49. The standard InChI is InChI=1S/C30H40Si/c1-13-22-16-23(14-15-31(11,12)30(8,9)10)18-24(17-22)25-19-26(28(2,3)4)21-27(20-25)29(5,6)7/h1,16-21H,2-12H3. The van der Waals surface area contributed by atoms with Crippen LogP contribution in [-0.4, -0.2) is 8.07 Å². The van der Waals surface area contributed by atoms with Crippen molar-refractivity contribution in [2.24, 2.45) is 0 Å². The first-order valence-electron chi connectivity index (χ1n) is 11.3. The summed E-state index contributed by atoms with van der Waals surface area (Å²) in [5, 5.41) is 0.231. The van der Waals surface area contributed by atoms with E-state index in [0.29, 0.717) is 0 Å². The summed E-state index contributed by atoms with van der Waals surface area (Å²) in [4.78, 5) is 0. The van der Waals surface area contributed by atoms with Crippen molar-refractivity contribution in [1.29, 1.82) is 0 Å². The van der Waals surface area contributed by atoms with Crippen LogP contribution in [0.4, 0.5) is 0 Å². The highest BCUT2D eigenvalue weighted by Gasteiger charge is 2.33. The number of rotatable bonds is 1. The second-order valence-electron chi connectivity index (χ2n) is 12.4. The number of terminal acetylenes is 1. The molecule has 0 nitrogen and oxygen atoms in total. The third-order valence-corrected chi connectivity index (χ3v) is 11.0. The number of benzene rings is 2. The third kappa shape index (κ3) is 6.15. The molecule has 0 aromatic heterocycles. The molecule has 0 radical (unpaired) electrons. The zero-order valence-electron chi connectivity index (χ0n) is 21.5. The first-order chi connectivity index (χ1) is 13.9. The zero-order chi connectivity index (χ0) is 23.8. The molecule has 0 atom stereocenters. The van der Waals surface area contributed by atoms with Crippen LogP contribution in [0.3, 0.4) is 0 Å². The van der Waals surface area contributed by atoms with Gasteiger partial charge in [0.1, 0.15) is 8.07 Å². The molecule has 1 heteroatoms. The molecule has 0 aliphatic heterocycles. The lowest BCUT2D eigenvalue weighted by Crippen LogP contribution is -2.35.